The van der Waals surface area contributed by atoms with Gasteiger partial charge in [0.1, 0.15) is 0 Å². The minimum absolute atomic E-state index is 0.216. The SMILES string of the molecule is CCCNC(=O)c1ccccc1NC(=O)c1cc(-c2ccccc2)nc2c1cnn2CC. The van der Waals surface area contributed by atoms with Crippen molar-refractivity contribution in [1.82, 2.24) is 20.1 Å². The molecule has 2 N–H and O–H groups in total. The molecule has 0 saturated carbocycles. The molecule has 4 rings (SSSR count). The maximum atomic E-state index is 13.4. The zero-order valence-corrected chi connectivity index (χ0v) is 18.1. The number of nitrogens with zero attached hydrogens (tertiary/aromatic N) is 3. The minimum Gasteiger partial charge on any atom is -0.352 e. The van der Waals surface area contributed by atoms with E-state index in [0.29, 0.717) is 46.6 Å². The molecule has 7 nitrogen and oxygen atoms in total. The van der Waals surface area contributed by atoms with Crippen molar-refractivity contribution < 1.29 is 9.59 Å². The van der Waals surface area contributed by atoms with Crippen molar-refractivity contribution in [3.8, 4) is 11.3 Å². The zero-order chi connectivity index (χ0) is 22.5. The monoisotopic (exact) mass is 427 g/mol. The number of hydrogen-bond donors (Lipinski definition) is 2. The van der Waals surface area contributed by atoms with E-state index in [9.17, 15) is 9.59 Å². The highest BCUT2D eigenvalue weighted by Gasteiger charge is 2.19. The summed E-state index contributed by atoms with van der Waals surface area (Å²) >= 11 is 0. The quantitative estimate of drug-likeness (QED) is 0.454. The number of aryl methyl sites for hydroxylation is 1. The van der Waals surface area contributed by atoms with Crippen molar-refractivity contribution in [3.05, 3.63) is 78.0 Å². The number of benzene rings is 2. The van der Waals surface area contributed by atoms with Crippen LogP contribution in [0.4, 0.5) is 5.69 Å². The predicted octanol–water partition coefficient (Wildman–Crippen LogP) is 4.51. The second kappa shape index (κ2) is 9.43. The molecule has 0 bridgehead atoms. The molecule has 2 aromatic carbocycles. The smallest absolute Gasteiger partial charge is 0.256 e. The van der Waals surface area contributed by atoms with Gasteiger partial charge in [-0.1, -0.05) is 49.4 Å². The fraction of sp³-hybridized carbons (Fsp3) is 0.200. The lowest BCUT2D eigenvalue weighted by molar-refractivity contribution is 0.0954. The molecular weight excluding hydrogens is 402 g/mol. The van der Waals surface area contributed by atoms with Crippen LogP contribution in [0.2, 0.25) is 0 Å². The molecular formula is C25H25N5O2. The van der Waals surface area contributed by atoms with E-state index in [1.807, 2.05) is 44.2 Å². The molecule has 0 fully saturated rings. The highest BCUT2D eigenvalue weighted by molar-refractivity contribution is 6.14. The summed E-state index contributed by atoms with van der Waals surface area (Å²) in [5.74, 6) is -0.535. The molecule has 0 aliphatic rings. The third-order valence-corrected chi connectivity index (χ3v) is 5.18. The van der Waals surface area contributed by atoms with Crippen LogP contribution < -0.4 is 10.6 Å². The highest BCUT2D eigenvalue weighted by atomic mass is 16.2. The first-order valence-electron chi connectivity index (χ1n) is 10.7. The summed E-state index contributed by atoms with van der Waals surface area (Å²) in [7, 11) is 0. The Balaban J connectivity index is 1.75. The van der Waals surface area contributed by atoms with Crippen LogP contribution in [0.25, 0.3) is 22.3 Å². The van der Waals surface area contributed by atoms with Crippen molar-refractivity contribution >= 4 is 28.5 Å². The van der Waals surface area contributed by atoms with Gasteiger partial charge in [-0.25, -0.2) is 9.67 Å². The molecule has 0 radical (unpaired) electrons. The van der Waals surface area contributed by atoms with E-state index in [1.54, 1.807) is 41.2 Å². The standard InChI is InChI=1S/C25H25N5O2/c1-3-14-26-24(31)18-12-8-9-13-21(18)29-25(32)19-15-22(17-10-6-5-7-11-17)28-23-20(19)16-27-30(23)4-2/h5-13,15-16H,3-4,14H2,1-2H3,(H,26,31)(H,29,32). The molecule has 0 saturated heterocycles. The van der Waals surface area contributed by atoms with E-state index in [2.05, 4.69) is 15.7 Å². The van der Waals surface area contributed by atoms with Crippen LogP contribution in [0.3, 0.4) is 0 Å². The van der Waals surface area contributed by atoms with Gasteiger partial charge in [0.05, 0.1) is 34.1 Å². The first-order valence-corrected chi connectivity index (χ1v) is 10.7. The number of rotatable bonds is 7. The van der Waals surface area contributed by atoms with E-state index in [0.717, 1.165) is 12.0 Å². The van der Waals surface area contributed by atoms with Crippen LogP contribution in [-0.4, -0.2) is 33.1 Å². The van der Waals surface area contributed by atoms with Gasteiger partial charge in [0.15, 0.2) is 5.65 Å². The van der Waals surface area contributed by atoms with Gasteiger partial charge in [0, 0.05) is 18.7 Å². The summed E-state index contributed by atoms with van der Waals surface area (Å²) in [6.45, 7) is 5.18. The number of anilines is 1. The lowest BCUT2D eigenvalue weighted by atomic mass is 10.1. The van der Waals surface area contributed by atoms with E-state index in [-0.39, 0.29) is 11.8 Å². The van der Waals surface area contributed by atoms with Gasteiger partial charge >= 0.3 is 0 Å². The van der Waals surface area contributed by atoms with Crippen molar-refractivity contribution in [2.45, 2.75) is 26.8 Å². The molecule has 0 unspecified atom stereocenters. The fourth-order valence-corrected chi connectivity index (χ4v) is 3.54. The number of amides is 2. The summed E-state index contributed by atoms with van der Waals surface area (Å²) in [6.07, 6.45) is 2.49. The number of nitrogens with one attached hydrogen (secondary N) is 2. The highest BCUT2D eigenvalue weighted by Crippen LogP contribution is 2.26. The summed E-state index contributed by atoms with van der Waals surface area (Å²) < 4.78 is 1.77. The van der Waals surface area contributed by atoms with Gasteiger partial charge in [-0.3, -0.25) is 9.59 Å². The average Bonchev–Trinajstić information content (AvgIpc) is 3.26. The predicted molar refractivity (Wildman–Crippen MR) is 126 cm³/mol. The molecule has 0 aliphatic carbocycles. The topological polar surface area (TPSA) is 88.9 Å². The molecule has 0 aliphatic heterocycles. The normalized spacial score (nSPS) is 10.8. The van der Waals surface area contributed by atoms with Crippen LogP contribution in [-0.2, 0) is 6.54 Å². The summed E-state index contributed by atoms with van der Waals surface area (Å²) in [4.78, 5) is 30.7. The molecule has 2 aromatic heterocycles. The number of para-hydroxylation sites is 1. The van der Waals surface area contributed by atoms with E-state index in [4.69, 9.17) is 4.98 Å². The van der Waals surface area contributed by atoms with Gasteiger partial charge in [-0.2, -0.15) is 5.10 Å². The van der Waals surface area contributed by atoms with E-state index in [1.165, 1.54) is 0 Å². The van der Waals surface area contributed by atoms with Crippen molar-refractivity contribution in [3.63, 3.8) is 0 Å². The van der Waals surface area contributed by atoms with Crippen LogP contribution in [0.1, 0.15) is 41.0 Å². The van der Waals surface area contributed by atoms with E-state index < -0.39 is 0 Å². The fourth-order valence-electron chi connectivity index (χ4n) is 3.54. The molecule has 0 atom stereocenters. The number of aromatic nitrogens is 3. The van der Waals surface area contributed by atoms with Crippen molar-refractivity contribution in [1.29, 1.82) is 0 Å². The third-order valence-electron chi connectivity index (χ3n) is 5.18. The molecule has 0 spiro atoms. The van der Waals surface area contributed by atoms with Crippen LogP contribution in [0.5, 0.6) is 0 Å². The Morgan fingerprint density at radius 3 is 2.44 bits per heavy atom. The summed E-state index contributed by atoms with van der Waals surface area (Å²) in [5, 5.41) is 10.8. The van der Waals surface area contributed by atoms with Gasteiger partial charge in [-0.05, 0) is 31.5 Å². The Hall–Kier alpha value is -4.00. The van der Waals surface area contributed by atoms with Gasteiger partial charge < -0.3 is 10.6 Å². The van der Waals surface area contributed by atoms with Crippen molar-refractivity contribution in [2.75, 3.05) is 11.9 Å². The second-order valence-electron chi connectivity index (χ2n) is 7.37. The number of fused-ring (bicyclic) bond motifs is 1. The molecule has 4 aromatic rings. The lowest BCUT2D eigenvalue weighted by Gasteiger charge is -2.12. The van der Waals surface area contributed by atoms with Crippen LogP contribution in [0, 0.1) is 0 Å². The molecule has 32 heavy (non-hydrogen) atoms. The Labute approximate surface area is 186 Å². The molecule has 7 heteroatoms. The maximum Gasteiger partial charge on any atom is 0.256 e. The second-order valence-corrected chi connectivity index (χ2v) is 7.37. The summed E-state index contributed by atoms with van der Waals surface area (Å²) in [5.41, 5.74) is 3.58. The van der Waals surface area contributed by atoms with Crippen molar-refractivity contribution in [2.24, 2.45) is 0 Å². The Morgan fingerprint density at radius 1 is 0.938 bits per heavy atom. The Kier molecular flexibility index (Phi) is 6.26. The number of hydrogen-bond acceptors (Lipinski definition) is 4. The zero-order valence-electron chi connectivity index (χ0n) is 18.1. The van der Waals surface area contributed by atoms with Gasteiger partial charge in [0.25, 0.3) is 11.8 Å². The molecule has 2 heterocycles. The lowest BCUT2D eigenvalue weighted by Crippen LogP contribution is -2.25. The maximum absolute atomic E-state index is 13.4. The average molecular weight is 428 g/mol. The molecule has 162 valence electrons. The molecule has 2 amide bonds. The van der Waals surface area contributed by atoms with Crippen LogP contribution in [0.15, 0.2) is 66.9 Å². The first-order chi connectivity index (χ1) is 15.6. The van der Waals surface area contributed by atoms with Crippen LogP contribution >= 0.6 is 0 Å². The third kappa shape index (κ3) is 4.23. The van der Waals surface area contributed by atoms with E-state index >= 15 is 0 Å². The van der Waals surface area contributed by atoms with Gasteiger partial charge in [0.2, 0.25) is 0 Å². The first kappa shape index (κ1) is 21.2. The summed E-state index contributed by atoms with van der Waals surface area (Å²) in [6, 6.07) is 18.5. The number of pyridine rings is 1. The minimum atomic E-state index is -0.319. The van der Waals surface area contributed by atoms with Gasteiger partial charge in [-0.15, -0.1) is 0 Å². The number of carbonyl (C=O) groups is 2. The number of carbonyl (C=O) groups excluding carboxylic acids is 2. The Morgan fingerprint density at radius 2 is 1.69 bits per heavy atom. The Bertz CT molecular complexity index is 1260. The largest absolute Gasteiger partial charge is 0.352 e.